The summed E-state index contributed by atoms with van der Waals surface area (Å²) >= 11 is 0. The largest absolute Gasteiger partial charge is 0.440 e. The minimum Gasteiger partial charge on any atom is -0.440 e. The van der Waals surface area contributed by atoms with Gasteiger partial charge in [-0.25, -0.2) is 4.98 Å². The van der Waals surface area contributed by atoms with Gasteiger partial charge in [-0.05, 0) is 36.1 Å². The van der Waals surface area contributed by atoms with Gasteiger partial charge in [0.2, 0.25) is 5.89 Å². The minimum absolute atomic E-state index is 0.233. The van der Waals surface area contributed by atoms with Crippen molar-refractivity contribution < 1.29 is 18.8 Å². The van der Waals surface area contributed by atoms with E-state index in [1.54, 1.807) is 0 Å². The van der Waals surface area contributed by atoms with Crippen molar-refractivity contribution in [1.82, 2.24) is 4.98 Å². The van der Waals surface area contributed by atoms with Crippen LogP contribution in [0.5, 0.6) is 0 Å². The summed E-state index contributed by atoms with van der Waals surface area (Å²) in [6.07, 6.45) is 7.23. The third-order valence-electron chi connectivity index (χ3n) is 5.99. The zero-order valence-electron chi connectivity index (χ0n) is 17.2. The maximum Gasteiger partial charge on any atom is 0.326 e. The van der Waals surface area contributed by atoms with Gasteiger partial charge >= 0.3 is 7.60 Å². The Morgan fingerprint density at radius 1 is 1.10 bits per heavy atom. The molecule has 3 aromatic rings. The van der Waals surface area contributed by atoms with Crippen LogP contribution in [0, 0.1) is 5.92 Å². The molecule has 2 unspecified atom stereocenters. The molecule has 6 heteroatoms. The number of hydrogen-bond donors (Lipinski definition) is 2. The van der Waals surface area contributed by atoms with Crippen LogP contribution >= 0.6 is 7.60 Å². The average molecular weight is 423 g/mol. The number of rotatable bonds is 6. The van der Waals surface area contributed by atoms with E-state index < -0.39 is 13.0 Å². The van der Waals surface area contributed by atoms with Crippen molar-refractivity contribution in [3.8, 4) is 11.1 Å². The normalized spacial score (nSPS) is 21.7. The second kappa shape index (κ2) is 7.99. The molecule has 2 aromatic carbocycles. The van der Waals surface area contributed by atoms with Gasteiger partial charge in [-0.15, -0.1) is 0 Å². The summed E-state index contributed by atoms with van der Waals surface area (Å²) in [4.78, 5) is 24.2. The van der Waals surface area contributed by atoms with Crippen LogP contribution in [0.1, 0.15) is 32.6 Å². The van der Waals surface area contributed by atoms with Gasteiger partial charge in [0, 0.05) is 5.92 Å². The molecular formula is C24H26NO4P. The Bertz CT molecular complexity index is 1160. The number of hydrogen-bond acceptors (Lipinski definition) is 3. The molecule has 5 nitrogen and oxygen atoms in total. The Morgan fingerprint density at radius 3 is 2.53 bits per heavy atom. The molecule has 4 rings (SSSR count). The van der Waals surface area contributed by atoms with Crippen molar-refractivity contribution in [3.05, 3.63) is 78.2 Å². The highest BCUT2D eigenvalue weighted by atomic mass is 31.2. The van der Waals surface area contributed by atoms with Crippen molar-refractivity contribution in [2.75, 3.05) is 6.16 Å². The smallest absolute Gasteiger partial charge is 0.326 e. The average Bonchev–Trinajstić information content (AvgIpc) is 3.17. The second-order valence-electron chi connectivity index (χ2n) is 7.84. The Labute approximate surface area is 176 Å². The fourth-order valence-electron chi connectivity index (χ4n) is 4.25. The van der Waals surface area contributed by atoms with Crippen molar-refractivity contribution in [1.29, 1.82) is 0 Å². The summed E-state index contributed by atoms with van der Waals surface area (Å²) in [5.41, 5.74) is 3.94. The molecule has 30 heavy (non-hydrogen) atoms. The first-order valence-corrected chi connectivity index (χ1v) is 12.1. The van der Waals surface area contributed by atoms with Gasteiger partial charge in [-0.1, -0.05) is 74.0 Å². The molecule has 0 fully saturated rings. The molecule has 0 amide bonds. The molecule has 1 aliphatic rings. The molecule has 1 heterocycles. The van der Waals surface area contributed by atoms with Crippen LogP contribution in [0.3, 0.4) is 0 Å². The van der Waals surface area contributed by atoms with Gasteiger partial charge in [-0.2, -0.15) is 0 Å². The number of oxazole rings is 1. The SMILES string of the molecule is CCC1=CC(CP(=O)(O)O)C(CC)(c2nc3cc(-c4ccccc4)ccc3o2)C=C1. The lowest BCUT2D eigenvalue weighted by molar-refractivity contribution is 0.299. The predicted octanol–water partition coefficient (Wildman–Crippen LogP) is 5.84. The first-order valence-electron chi connectivity index (χ1n) is 10.3. The molecule has 0 saturated heterocycles. The Hall–Kier alpha value is -2.46. The lowest BCUT2D eigenvalue weighted by atomic mass is 9.70. The van der Waals surface area contributed by atoms with Gasteiger partial charge in [0.05, 0.1) is 11.6 Å². The molecule has 0 bridgehead atoms. The molecule has 0 aliphatic heterocycles. The molecule has 1 aromatic heterocycles. The molecule has 0 saturated carbocycles. The summed E-state index contributed by atoms with van der Waals surface area (Å²) in [7, 11) is -4.22. The quantitative estimate of drug-likeness (QED) is 0.487. The van der Waals surface area contributed by atoms with Crippen molar-refractivity contribution >= 4 is 18.7 Å². The fraction of sp³-hybridized carbons (Fsp3) is 0.292. The number of nitrogens with zero attached hydrogens (tertiary/aromatic N) is 1. The van der Waals surface area contributed by atoms with E-state index in [9.17, 15) is 14.4 Å². The van der Waals surface area contributed by atoms with E-state index in [2.05, 4.69) is 0 Å². The topological polar surface area (TPSA) is 83.6 Å². The molecule has 2 atom stereocenters. The van der Waals surface area contributed by atoms with E-state index in [4.69, 9.17) is 9.40 Å². The predicted molar refractivity (Wildman–Crippen MR) is 119 cm³/mol. The Balaban J connectivity index is 1.80. The van der Waals surface area contributed by atoms with Crippen LogP contribution < -0.4 is 0 Å². The van der Waals surface area contributed by atoms with Crippen LogP contribution in [0.15, 0.2) is 76.7 Å². The lowest BCUT2D eigenvalue weighted by Crippen LogP contribution is -2.36. The van der Waals surface area contributed by atoms with Crippen LogP contribution in [-0.2, 0) is 9.98 Å². The highest BCUT2D eigenvalue weighted by Gasteiger charge is 2.44. The van der Waals surface area contributed by atoms with Crippen molar-refractivity contribution in [2.45, 2.75) is 32.1 Å². The third kappa shape index (κ3) is 3.93. The molecular weight excluding hydrogens is 397 g/mol. The van der Waals surface area contributed by atoms with Gasteiger partial charge in [0.25, 0.3) is 0 Å². The van der Waals surface area contributed by atoms with Crippen LogP contribution in [0.2, 0.25) is 0 Å². The van der Waals surface area contributed by atoms with Gasteiger partial charge in [0.1, 0.15) is 5.52 Å². The number of aromatic nitrogens is 1. The Morgan fingerprint density at radius 2 is 1.87 bits per heavy atom. The third-order valence-corrected chi connectivity index (χ3v) is 6.86. The first-order chi connectivity index (χ1) is 14.3. The first kappa shape index (κ1) is 20.8. The van der Waals surface area contributed by atoms with Crippen molar-refractivity contribution in [3.63, 3.8) is 0 Å². The summed E-state index contributed by atoms with van der Waals surface area (Å²) in [6, 6.07) is 16.0. The van der Waals surface area contributed by atoms with E-state index in [-0.39, 0.29) is 12.1 Å². The Kier molecular flexibility index (Phi) is 5.54. The number of fused-ring (bicyclic) bond motifs is 1. The summed E-state index contributed by atoms with van der Waals surface area (Å²) in [5, 5.41) is 0. The van der Waals surface area contributed by atoms with Gasteiger partial charge in [-0.3, -0.25) is 4.57 Å². The van der Waals surface area contributed by atoms with Crippen molar-refractivity contribution in [2.24, 2.45) is 5.92 Å². The lowest BCUT2D eigenvalue weighted by Gasteiger charge is -2.36. The van der Waals surface area contributed by atoms with Gasteiger partial charge in [0.15, 0.2) is 5.58 Å². The number of benzene rings is 2. The van der Waals surface area contributed by atoms with E-state index in [1.807, 2.05) is 80.6 Å². The fourth-order valence-corrected chi connectivity index (χ4v) is 5.19. The molecule has 1 aliphatic carbocycles. The van der Waals surface area contributed by atoms with Gasteiger partial charge < -0.3 is 14.2 Å². The van der Waals surface area contributed by atoms with E-state index >= 15 is 0 Å². The summed E-state index contributed by atoms with van der Waals surface area (Å²) < 4.78 is 18.1. The highest BCUT2D eigenvalue weighted by Crippen LogP contribution is 2.49. The van der Waals surface area contributed by atoms with E-state index in [0.29, 0.717) is 17.9 Å². The van der Waals surface area contributed by atoms with Crippen LogP contribution in [-0.4, -0.2) is 20.9 Å². The summed E-state index contributed by atoms with van der Waals surface area (Å²) in [5.74, 6) is 0.122. The second-order valence-corrected chi connectivity index (χ2v) is 9.54. The summed E-state index contributed by atoms with van der Waals surface area (Å²) in [6.45, 7) is 4.04. The maximum absolute atomic E-state index is 11.9. The zero-order valence-corrected chi connectivity index (χ0v) is 18.0. The molecule has 156 valence electrons. The number of allylic oxidation sites excluding steroid dienone is 4. The minimum atomic E-state index is -4.22. The molecule has 2 N–H and O–H groups in total. The maximum atomic E-state index is 11.9. The van der Waals surface area contributed by atoms with Crippen LogP contribution in [0.4, 0.5) is 0 Å². The highest BCUT2D eigenvalue weighted by molar-refractivity contribution is 7.51. The standard InChI is InChI=1S/C24H26NO4P/c1-3-17-12-13-24(4-2,20(14-17)16-30(26,27)28)23-25-21-15-19(10-11-22(21)29-23)18-8-6-5-7-9-18/h5-15,20H,3-4,16H2,1-2H3,(H2,26,27,28). The van der Waals surface area contributed by atoms with E-state index in [0.717, 1.165) is 28.6 Å². The molecule has 0 spiro atoms. The zero-order chi connectivity index (χ0) is 21.4. The molecule has 0 radical (unpaired) electrons. The monoisotopic (exact) mass is 423 g/mol. The van der Waals surface area contributed by atoms with E-state index in [1.165, 1.54) is 0 Å². The van der Waals surface area contributed by atoms with Crippen LogP contribution in [0.25, 0.3) is 22.2 Å².